The van der Waals surface area contributed by atoms with E-state index in [9.17, 15) is 14.4 Å². The van der Waals surface area contributed by atoms with Crippen LogP contribution in [0.4, 0.5) is 0 Å². The first-order chi connectivity index (χ1) is 10.1. The first-order valence-electron chi connectivity index (χ1n) is 7.04. The fraction of sp³-hybridized carbons (Fsp3) is 0.571. The molecule has 0 bridgehead atoms. The summed E-state index contributed by atoms with van der Waals surface area (Å²) >= 11 is 0. The molecule has 1 fully saturated rings. The third-order valence-corrected chi connectivity index (χ3v) is 3.59. The first-order valence-corrected chi connectivity index (χ1v) is 7.04. The van der Waals surface area contributed by atoms with E-state index in [1.165, 1.54) is 19.9 Å². The minimum absolute atomic E-state index is 0.146. The molecule has 0 aromatic carbocycles. The van der Waals surface area contributed by atoms with Crippen LogP contribution in [0, 0.1) is 0 Å². The van der Waals surface area contributed by atoms with Gasteiger partial charge in [-0.3, -0.25) is 14.2 Å². The van der Waals surface area contributed by atoms with Gasteiger partial charge in [-0.25, -0.2) is 9.78 Å². The molecule has 1 N–H and O–H groups in total. The highest BCUT2D eigenvalue weighted by Gasteiger charge is 2.18. The molecule has 1 aliphatic rings. The van der Waals surface area contributed by atoms with Crippen molar-refractivity contribution in [1.29, 1.82) is 0 Å². The van der Waals surface area contributed by atoms with Gasteiger partial charge in [-0.15, -0.1) is 0 Å². The summed E-state index contributed by atoms with van der Waals surface area (Å²) in [6, 6.07) is 0.179. The molecule has 0 aliphatic heterocycles. The molecule has 0 atom stereocenters. The van der Waals surface area contributed by atoms with Crippen molar-refractivity contribution in [3.05, 3.63) is 28.4 Å². The van der Waals surface area contributed by atoms with Gasteiger partial charge >= 0.3 is 5.97 Å². The largest absolute Gasteiger partial charge is 0.465 e. The molecule has 1 amide bonds. The summed E-state index contributed by atoms with van der Waals surface area (Å²) in [5.41, 5.74) is -0.749. The Morgan fingerprint density at radius 1 is 1.38 bits per heavy atom. The van der Waals surface area contributed by atoms with Gasteiger partial charge in [0.25, 0.3) is 5.56 Å². The SMILES string of the molecule is COC(=O)c1cncn(CC(=O)NC2CCCCC2)c1=O. The molecule has 0 saturated heterocycles. The number of esters is 1. The molecule has 1 saturated carbocycles. The molecular weight excluding hydrogens is 274 g/mol. The lowest BCUT2D eigenvalue weighted by Gasteiger charge is -2.22. The van der Waals surface area contributed by atoms with Gasteiger partial charge in [-0.2, -0.15) is 0 Å². The Bertz CT molecular complexity index is 576. The smallest absolute Gasteiger partial charge is 0.345 e. The molecule has 7 nitrogen and oxygen atoms in total. The predicted octanol–water partition coefficient (Wildman–Crippen LogP) is 0.479. The summed E-state index contributed by atoms with van der Waals surface area (Å²) < 4.78 is 5.62. The van der Waals surface area contributed by atoms with Gasteiger partial charge in [0.05, 0.1) is 13.4 Å². The quantitative estimate of drug-likeness (QED) is 0.815. The van der Waals surface area contributed by atoms with E-state index in [0.29, 0.717) is 0 Å². The van der Waals surface area contributed by atoms with Crippen molar-refractivity contribution in [2.75, 3.05) is 7.11 Å². The van der Waals surface area contributed by atoms with Crippen LogP contribution in [0.5, 0.6) is 0 Å². The second-order valence-electron chi connectivity index (χ2n) is 5.13. The van der Waals surface area contributed by atoms with E-state index in [0.717, 1.165) is 36.4 Å². The highest BCUT2D eigenvalue weighted by atomic mass is 16.5. The Hall–Kier alpha value is -2.18. The predicted molar refractivity (Wildman–Crippen MR) is 74.9 cm³/mol. The van der Waals surface area contributed by atoms with Gasteiger partial charge in [-0.1, -0.05) is 19.3 Å². The van der Waals surface area contributed by atoms with E-state index in [1.807, 2.05) is 0 Å². The zero-order valence-electron chi connectivity index (χ0n) is 12.0. The minimum atomic E-state index is -0.755. The van der Waals surface area contributed by atoms with Crippen LogP contribution in [0.2, 0.25) is 0 Å². The Morgan fingerprint density at radius 2 is 2.10 bits per heavy atom. The lowest BCUT2D eigenvalue weighted by molar-refractivity contribution is -0.122. The highest BCUT2D eigenvalue weighted by molar-refractivity contribution is 5.88. The van der Waals surface area contributed by atoms with E-state index in [-0.39, 0.29) is 24.1 Å². The van der Waals surface area contributed by atoms with Crippen LogP contribution in [0.25, 0.3) is 0 Å². The number of nitrogens with zero attached hydrogens (tertiary/aromatic N) is 2. The molecule has 2 rings (SSSR count). The normalized spacial score (nSPS) is 15.5. The van der Waals surface area contributed by atoms with Crippen LogP contribution < -0.4 is 10.9 Å². The molecule has 0 spiro atoms. The van der Waals surface area contributed by atoms with E-state index < -0.39 is 11.5 Å². The maximum Gasteiger partial charge on any atom is 0.345 e. The molecule has 114 valence electrons. The number of aromatic nitrogens is 2. The van der Waals surface area contributed by atoms with Gasteiger partial charge in [0.15, 0.2) is 0 Å². The zero-order valence-corrected chi connectivity index (χ0v) is 12.0. The summed E-state index contributed by atoms with van der Waals surface area (Å²) in [4.78, 5) is 39.2. The molecule has 1 aromatic heterocycles. The van der Waals surface area contributed by atoms with Crippen LogP contribution in [-0.2, 0) is 16.1 Å². The third-order valence-electron chi connectivity index (χ3n) is 3.59. The molecule has 1 aromatic rings. The zero-order chi connectivity index (χ0) is 15.2. The molecule has 21 heavy (non-hydrogen) atoms. The van der Waals surface area contributed by atoms with E-state index in [1.54, 1.807) is 0 Å². The lowest BCUT2D eigenvalue weighted by atomic mass is 9.95. The van der Waals surface area contributed by atoms with Crippen molar-refractivity contribution in [1.82, 2.24) is 14.9 Å². The van der Waals surface area contributed by atoms with Crippen LogP contribution in [-0.4, -0.2) is 34.6 Å². The van der Waals surface area contributed by atoms with E-state index >= 15 is 0 Å². The van der Waals surface area contributed by atoms with Crippen LogP contribution in [0.1, 0.15) is 42.5 Å². The van der Waals surface area contributed by atoms with Crippen molar-refractivity contribution in [2.45, 2.75) is 44.7 Å². The number of nitrogens with one attached hydrogen (secondary N) is 1. The topological polar surface area (TPSA) is 90.3 Å². The summed E-state index contributed by atoms with van der Waals surface area (Å²) in [5.74, 6) is -0.998. The maximum absolute atomic E-state index is 12.0. The molecule has 7 heteroatoms. The second kappa shape index (κ2) is 7.01. The van der Waals surface area contributed by atoms with Crippen molar-refractivity contribution in [3.8, 4) is 0 Å². The number of carbonyl (C=O) groups excluding carboxylic acids is 2. The average Bonchev–Trinajstić information content (AvgIpc) is 2.49. The highest BCUT2D eigenvalue weighted by Crippen LogP contribution is 2.17. The van der Waals surface area contributed by atoms with Gasteiger partial charge in [0.2, 0.25) is 5.91 Å². The summed E-state index contributed by atoms with van der Waals surface area (Å²) in [7, 11) is 1.19. The Morgan fingerprint density at radius 3 is 2.76 bits per heavy atom. The number of rotatable bonds is 4. The van der Waals surface area contributed by atoms with Crippen molar-refractivity contribution >= 4 is 11.9 Å². The average molecular weight is 293 g/mol. The number of amides is 1. The summed E-state index contributed by atoms with van der Waals surface area (Å²) in [6.45, 7) is -0.146. The van der Waals surface area contributed by atoms with Crippen molar-refractivity contribution in [2.24, 2.45) is 0 Å². The molecule has 1 heterocycles. The summed E-state index contributed by atoms with van der Waals surface area (Å²) in [5, 5.41) is 2.91. The van der Waals surface area contributed by atoms with Crippen molar-refractivity contribution < 1.29 is 14.3 Å². The Balaban J connectivity index is 2.03. The molecule has 0 unspecified atom stereocenters. The van der Waals surface area contributed by atoms with Gasteiger partial charge < -0.3 is 10.1 Å². The number of methoxy groups -OCH3 is 1. The van der Waals surface area contributed by atoms with E-state index in [2.05, 4.69) is 15.0 Å². The molecule has 0 radical (unpaired) electrons. The van der Waals surface area contributed by atoms with Crippen molar-refractivity contribution in [3.63, 3.8) is 0 Å². The maximum atomic E-state index is 12.0. The number of carbonyl (C=O) groups is 2. The Labute approximate surface area is 122 Å². The van der Waals surface area contributed by atoms with Crippen LogP contribution in [0.15, 0.2) is 17.3 Å². The van der Waals surface area contributed by atoms with E-state index in [4.69, 9.17) is 0 Å². The minimum Gasteiger partial charge on any atom is -0.465 e. The Kier molecular flexibility index (Phi) is 5.08. The monoisotopic (exact) mass is 293 g/mol. The van der Waals surface area contributed by atoms with Crippen LogP contribution >= 0.6 is 0 Å². The lowest BCUT2D eigenvalue weighted by Crippen LogP contribution is -2.40. The van der Waals surface area contributed by atoms with Crippen LogP contribution in [0.3, 0.4) is 0 Å². The number of ether oxygens (including phenoxy) is 1. The fourth-order valence-electron chi connectivity index (χ4n) is 2.49. The standard InChI is InChI=1S/C14H19N3O4/c1-21-14(20)11-7-15-9-17(13(11)19)8-12(18)16-10-5-3-2-4-6-10/h7,9-10H,2-6,8H2,1H3,(H,16,18). The third kappa shape index (κ3) is 3.90. The molecular formula is C14H19N3O4. The van der Waals surface area contributed by atoms with Gasteiger partial charge in [-0.05, 0) is 12.8 Å². The summed E-state index contributed by atoms with van der Waals surface area (Å²) in [6.07, 6.45) is 7.77. The number of hydrogen-bond donors (Lipinski definition) is 1. The number of hydrogen-bond acceptors (Lipinski definition) is 5. The van der Waals surface area contributed by atoms with Gasteiger partial charge in [0.1, 0.15) is 12.1 Å². The second-order valence-corrected chi connectivity index (χ2v) is 5.13. The first kappa shape index (κ1) is 15.2. The fourth-order valence-corrected chi connectivity index (χ4v) is 2.49. The molecule has 1 aliphatic carbocycles. The van der Waals surface area contributed by atoms with Gasteiger partial charge in [0, 0.05) is 12.2 Å².